The van der Waals surface area contributed by atoms with Gasteiger partial charge in [0.15, 0.2) is 11.3 Å². The van der Waals surface area contributed by atoms with Gasteiger partial charge in [0.25, 0.3) is 12.3 Å². The Morgan fingerprint density at radius 3 is 2.88 bits per heavy atom. The highest BCUT2D eigenvalue weighted by Crippen LogP contribution is 2.39. The molecule has 5 heterocycles. The van der Waals surface area contributed by atoms with Gasteiger partial charge in [0.05, 0.1) is 36.7 Å². The van der Waals surface area contributed by atoms with E-state index in [2.05, 4.69) is 25.4 Å². The number of carbonyl (C=O) groups excluding carboxylic acids is 1. The Balaban J connectivity index is 1.25. The monoisotopic (exact) mass is 445 g/mol. The third-order valence-corrected chi connectivity index (χ3v) is 6.64. The van der Waals surface area contributed by atoms with Crippen LogP contribution < -0.4 is 10.2 Å². The van der Waals surface area contributed by atoms with E-state index in [0.29, 0.717) is 31.1 Å². The molecule has 1 amide bonds. The maximum Gasteiger partial charge on any atom is 0.284 e. The van der Waals surface area contributed by atoms with Crippen molar-refractivity contribution >= 4 is 23.1 Å². The van der Waals surface area contributed by atoms with Crippen LogP contribution in [0, 0.1) is 5.92 Å². The molecule has 12 heteroatoms. The number of nitrogens with one attached hydrogen (secondary N) is 1. The van der Waals surface area contributed by atoms with E-state index in [0.717, 1.165) is 12.4 Å². The summed E-state index contributed by atoms with van der Waals surface area (Å²) >= 11 is 0. The minimum atomic E-state index is -2.84. The Kier molecular flexibility index (Phi) is 4.40. The molecule has 3 fully saturated rings. The van der Waals surface area contributed by atoms with Crippen molar-refractivity contribution in [1.82, 2.24) is 24.4 Å². The van der Waals surface area contributed by atoms with E-state index in [4.69, 9.17) is 4.74 Å². The highest BCUT2D eigenvalue weighted by molar-refractivity contribution is 6.08. The fraction of sp³-hybridized carbons (Fsp3) is 0.500. The molecule has 1 saturated carbocycles. The second-order valence-corrected chi connectivity index (χ2v) is 8.54. The number of hydrogen-bond acceptors (Lipinski definition) is 7. The number of fused-ring (bicyclic) bond motifs is 2. The van der Waals surface area contributed by atoms with Crippen LogP contribution in [0.2, 0.25) is 0 Å². The number of halogens is 2. The topological polar surface area (TPSA) is 110 Å². The zero-order chi connectivity index (χ0) is 22.0. The molecular weight excluding hydrogens is 424 g/mol. The molecule has 10 nitrogen and oxygen atoms in total. The van der Waals surface area contributed by atoms with Crippen molar-refractivity contribution in [3.63, 3.8) is 0 Å². The molecule has 0 aromatic carbocycles. The minimum Gasteiger partial charge on any atom is -0.396 e. The molecule has 1 unspecified atom stereocenters. The molecule has 3 aliphatic rings. The summed E-state index contributed by atoms with van der Waals surface area (Å²) in [5, 5.41) is 19.9. The fourth-order valence-electron chi connectivity index (χ4n) is 4.52. The highest BCUT2D eigenvalue weighted by Gasteiger charge is 2.48. The number of rotatable bonds is 6. The standard InChI is InChI=1S/C20H21F2N7O3/c21-18(22)17-13(6-29(26-17)11-3-10(4-11)8-30)24-20(31)12-5-23-28-2-1-16(25-19(12)28)27-7-15-14(27)9-32-15/h1-2,5-6,10-11,14-15,18,30H,3-4,7-9H2,(H,24,31)/t10?,11?,14?,15-/m0/s1. The summed E-state index contributed by atoms with van der Waals surface area (Å²) in [6.07, 6.45) is 3.26. The maximum absolute atomic E-state index is 13.6. The van der Waals surface area contributed by atoms with Gasteiger partial charge in [-0.15, -0.1) is 0 Å². The van der Waals surface area contributed by atoms with E-state index in [-0.39, 0.29) is 35.9 Å². The van der Waals surface area contributed by atoms with E-state index < -0.39 is 18.0 Å². The number of carbonyl (C=O) groups is 1. The number of aliphatic hydroxyl groups is 1. The van der Waals surface area contributed by atoms with Gasteiger partial charge in [-0.1, -0.05) is 0 Å². The largest absolute Gasteiger partial charge is 0.396 e. The molecule has 2 N–H and O–H groups in total. The third-order valence-electron chi connectivity index (χ3n) is 6.64. The van der Waals surface area contributed by atoms with Crippen LogP contribution >= 0.6 is 0 Å². The molecule has 3 aromatic rings. The summed E-state index contributed by atoms with van der Waals surface area (Å²) in [7, 11) is 0. The zero-order valence-corrected chi connectivity index (χ0v) is 16.9. The van der Waals surface area contributed by atoms with E-state index in [1.54, 1.807) is 6.20 Å². The van der Waals surface area contributed by atoms with Crippen molar-refractivity contribution in [1.29, 1.82) is 0 Å². The second-order valence-electron chi connectivity index (χ2n) is 8.54. The van der Waals surface area contributed by atoms with Crippen molar-refractivity contribution in [2.45, 2.75) is 37.5 Å². The molecule has 2 aliphatic heterocycles. The van der Waals surface area contributed by atoms with Crippen molar-refractivity contribution in [2.24, 2.45) is 5.92 Å². The Labute approximate surface area is 180 Å². The molecule has 0 spiro atoms. The molecule has 6 rings (SSSR count). The van der Waals surface area contributed by atoms with Gasteiger partial charge in [-0.2, -0.15) is 10.2 Å². The third kappa shape index (κ3) is 2.97. The van der Waals surface area contributed by atoms with Gasteiger partial charge >= 0.3 is 0 Å². The molecular formula is C20H21F2N7O3. The Bertz CT molecular complexity index is 1190. The van der Waals surface area contributed by atoms with Crippen molar-refractivity contribution in [3.05, 3.63) is 35.9 Å². The first-order valence-corrected chi connectivity index (χ1v) is 10.5. The number of ether oxygens (including phenoxy) is 1. The molecule has 1 aliphatic carbocycles. The van der Waals surface area contributed by atoms with Crippen molar-refractivity contribution in [3.8, 4) is 0 Å². The van der Waals surface area contributed by atoms with Gasteiger partial charge in [0.2, 0.25) is 0 Å². The molecule has 2 atom stereocenters. The van der Waals surface area contributed by atoms with Crippen LogP contribution in [0.1, 0.15) is 41.4 Å². The average Bonchev–Trinajstić information content (AvgIpc) is 3.33. The Morgan fingerprint density at radius 2 is 2.22 bits per heavy atom. The minimum absolute atomic E-state index is 0.0369. The lowest BCUT2D eigenvalue weighted by atomic mass is 9.81. The van der Waals surface area contributed by atoms with Crippen molar-refractivity contribution in [2.75, 3.05) is 30.0 Å². The van der Waals surface area contributed by atoms with Gasteiger partial charge in [0.1, 0.15) is 11.4 Å². The molecule has 0 bridgehead atoms. The number of nitrogens with zero attached hydrogens (tertiary/aromatic N) is 6. The SMILES string of the molecule is O=C(Nc1cn(C2CC(CO)C2)nc1C(F)F)c1cnn2ccc(N3C[C@@H]4OCC43)nc12. The quantitative estimate of drug-likeness (QED) is 0.594. The summed E-state index contributed by atoms with van der Waals surface area (Å²) in [6, 6.07) is 2.07. The molecule has 32 heavy (non-hydrogen) atoms. The van der Waals surface area contributed by atoms with Crippen LogP contribution in [0.3, 0.4) is 0 Å². The number of anilines is 2. The smallest absolute Gasteiger partial charge is 0.284 e. The van der Waals surface area contributed by atoms with Crippen LogP contribution in [0.4, 0.5) is 20.3 Å². The molecule has 3 aromatic heterocycles. The van der Waals surface area contributed by atoms with Crippen LogP contribution in [0.5, 0.6) is 0 Å². The summed E-state index contributed by atoms with van der Waals surface area (Å²) in [4.78, 5) is 19.7. The lowest BCUT2D eigenvalue weighted by Gasteiger charge is -2.55. The van der Waals surface area contributed by atoms with Gasteiger partial charge in [-0.25, -0.2) is 18.3 Å². The van der Waals surface area contributed by atoms with Crippen LogP contribution in [0.25, 0.3) is 5.65 Å². The maximum atomic E-state index is 13.6. The lowest BCUT2D eigenvalue weighted by molar-refractivity contribution is -0.113. The van der Waals surface area contributed by atoms with E-state index >= 15 is 0 Å². The number of aliphatic hydroxyl groups excluding tert-OH is 1. The van der Waals surface area contributed by atoms with Crippen LogP contribution in [-0.2, 0) is 4.74 Å². The summed E-state index contributed by atoms with van der Waals surface area (Å²) in [5.74, 6) is 0.298. The number of alkyl halides is 2. The van der Waals surface area contributed by atoms with Crippen LogP contribution in [-0.4, -0.2) is 67.3 Å². The number of aromatic nitrogens is 5. The number of morpholine rings is 1. The lowest BCUT2D eigenvalue weighted by Crippen LogP contribution is -2.71. The van der Waals surface area contributed by atoms with Gasteiger partial charge in [-0.05, 0) is 24.8 Å². The molecule has 168 valence electrons. The average molecular weight is 445 g/mol. The second kappa shape index (κ2) is 7.20. The fourth-order valence-corrected chi connectivity index (χ4v) is 4.52. The summed E-state index contributed by atoms with van der Waals surface area (Å²) in [5.41, 5.74) is 0.0166. The highest BCUT2D eigenvalue weighted by atomic mass is 19.3. The van der Waals surface area contributed by atoms with E-state index in [9.17, 15) is 18.7 Å². The van der Waals surface area contributed by atoms with Gasteiger partial charge in [-0.3, -0.25) is 9.48 Å². The van der Waals surface area contributed by atoms with E-state index in [1.165, 1.54) is 21.6 Å². The first-order chi connectivity index (χ1) is 15.5. The summed E-state index contributed by atoms with van der Waals surface area (Å²) in [6.45, 7) is 1.47. The van der Waals surface area contributed by atoms with Crippen molar-refractivity contribution < 1.29 is 23.4 Å². The van der Waals surface area contributed by atoms with Gasteiger partial charge in [0, 0.05) is 25.5 Å². The van der Waals surface area contributed by atoms with E-state index in [1.807, 2.05) is 6.07 Å². The Hall–Kier alpha value is -3.12. The number of hydrogen-bond donors (Lipinski definition) is 2. The zero-order valence-electron chi connectivity index (χ0n) is 16.9. The summed E-state index contributed by atoms with van der Waals surface area (Å²) < 4.78 is 35.5. The van der Waals surface area contributed by atoms with Gasteiger partial charge < -0.3 is 20.1 Å². The molecule has 0 radical (unpaired) electrons. The predicted octanol–water partition coefficient (Wildman–Crippen LogP) is 1.65. The first-order valence-electron chi connectivity index (χ1n) is 10.5. The predicted molar refractivity (Wildman–Crippen MR) is 108 cm³/mol. The molecule has 2 saturated heterocycles. The Morgan fingerprint density at radius 1 is 1.38 bits per heavy atom. The number of amides is 1. The normalized spacial score (nSPS) is 26.4. The van der Waals surface area contributed by atoms with Crippen LogP contribution in [0.15, 0.2) is 24.7 Å². The first kappa shape index (κ1) is 19.6.